The van der Waals surface area contributed by atoms with Gasteiger partial charge in [-0.1, -0.05) is 59.8 Å². The molecule has 0 aromatic heterocycles. The number of amides is 2. The fraction of sp³-hybridized carbons (Fsp3) is 0.333. The lowest BCUT2D eigenvalue weighted by atomic mass is 10.1. The molecule has 0 saturated heterocycles. The smallest absolute Gasteiger partial charge is 0.264 e. The lowest BCUT2D eigenvalue weighted by Crippen LogP contribution is -2.52. The zero-order chi connectivity index (χ0) is 29.7. The second-order valence-electron chi connectivity index (χ2n) is 10.2. The van der Waals surface area contributed by atoms with Gasteiger partial charge in [0.05, 0.1) is 10.6 Å². The van der Waals surface area contributed by atoms with Gasteiger partial charge in [0.1, 0.15) is 18.4 Å². The molecule has 0 heterocycles. The highest BCUT2D eigenvalue weighted by molar-refractivity contribution is 7.92. The molecule has 2 amide bonds. The van der Waals surface area contributed by atoms with Crippen LogP contribution in [-0.2, 0) is 26.2 Å². The SMILES string of the molecule is Cc1ccc(N(CC(=O)N(Cc2c(Cl)cccc2Cl)[C@@H](C)C(=O)NC2CCCC2)S(=O)(=O)c2ccc(F)cc2)cc1. The number of carbonyl (C=O) groups is 2. The summed E-state index contributed by atoms with van der Waals surface area (Å²) in [7, 11) is -4.30. The molecule has 11 heteroatoms. The van der Waals surface area contributed by atoms with Crippen molar-refractivity contribution < 1.29 is 22.4 Å². The van der Waals surface area contributed by atoms with Gasteiger partial charge in [0.15, 0.2) is 0 Å². The van der Waals surface area contributed by atoms with Crippen molar-refractivity contribution in [3.05, 3.63) is 93.7 Å². The van der Waals surface area contributed by atoms with Crippen molar-refractivity contribution >= 4 is 50.7 Å². The van der Waals surface area contributed by atoms with Crippen LogP contribution >= 0.6 is 23.2 Å². The maximum Gasteiger partial charge on any atom is 0.264 e. The number of hydrogen-bond acceptors (Lipinski definition) is 4. The first-order valence-corrected chi connectivity index (χ1v) is 15.5. The van der Waals surface area contributed by atoms with Crippen molar-refractivity contribution in [2.24, 2.45) is 0 Å². The Morgan fingerprint density at radius 2 is 1.56 bits per heavy atom. The summed E-state index contributed by atoms with van der Waals surface area (Å²) in [5.74, 6) is -1.58. The molecule has 1 fully saturated rings. The number of hydrogen-bond donors (Lipinski definition) is 1. The predicted octanol–water partition coefficient (Wildman–Crippen LogP) is 6.11. The van der Waals surface area contributed by atoms with Crippen LogP contribution in [0.2, 0.25) is 10.0 Å². The monoisotopic (exact) mass is 619 g/mol. The van der Waals surface area contributed by atoms with E-state index in [0.29, 0.717) is 15.6 Å². The quantitative estimate of drug-likeness (QED) is 0.296. The van der Waals surface area contributed by atoms with E-state index in [0.717, 1.165) is 59.8 Å². The third kappa shape index (κ3) is 7.39. The number of anilines is 1. The molecule has 3 aromatic carbocycles. The van der Waals surface area contributed by atoms with Crippen molar-refractivity contribution in [3.8, 4) is 0 Å². The highest BCUT2D eigenvalue weighted by Gasteiger charge is 2.34. The second kappa shape index (κ2) is 13.2. The number of rotatable bonds is 10. The maximum absolute atomic E-state index is 14.0. The summed E-state index contributed by atoms with van der Waals surface area (Å²) in [6, 6.07) is 15.0. The Balaban J connectivity index is 1.71. The first-order chi connectivity index (χ1) is 19.5. The van der Waals surface area contributed by atoms with Gasteiger partial charge in [0.25, 0.3) is 10.0 Å². The lowest BCUT2D eigenvalue weighted by Gasteiger charge is -2.33. The summed E-state index contributed by atoms with van der Waals surface area (Å²) in [6.07, 6.45) is 3.76. The minimum Gasteiger partial charge on any atom is -0.352 e. The molecular formula is C30H32Cl2FN3O4S. The molecule has 4 rings (SSSR count). The van der Waals surface area contributed by atoms with Crippen LogP contribution in [0.25, 0.3) is 0 Å². The van der Waals surface area contributed by atoms with Gasteiger partial charge in [-0.15, -0.1) is 0 Å². The van der Waals surface area contributed by atoms with Crippen LogP contribution in [0.15, 0.2) is 71.6 Å². The van der Waals surface area contributed by atoms with Crippen molar-refractivity contribution in [2.75, 3.05) is 10.8 Å². The molecule has 7 nitrogen and oxygen atoms in total. The van der Waals surface area contributed by atoms with Crippen LogP contribution in [0.4, 0.5) is 10.1 Å². The second-order valence-corrected chi connectivity index (χ2v) is 12.9. The Kier molecular flexibility index (Phi) is 9.94. The van der Waals surface area contributed by atoms with Gasteiger partial charge in [0, 0.05) is 28.2 Å². The molecule has 1 saturated carbocycles. The van der Waals surface area contributed by atoms with Gasteiger partial charge in [0.2, 0.25) is 11.8 Å². The zero-order valence-electron chi connectivity index (χ0n) is 22.8. The average molecular weight is 621 g/mol. The van der Waals surface area contributed by atoms with Crippen LogP contribution in [0.1, 0.15) is 43.7 Å². The van der Waals surface area contributed by atoms with Crippen molar-refractivity contribution in [3.63, 3.8) is 0 Å². The Hall–Kier alpha value is -3.14. The Morgan fingerprint density at radius 3 is 2.15 bits per heavy atom. The average Bonchev–Trinajstić information content (AvgIpc) is 3.45. The van der Waals surface area contributed by atoms with Gasteiger partial charge in [-0.25, -0.2) is 12.8 Å². The number of benzene rings is 3. The molecule has 0 radical (unpaired) electrons. The topological polar surface area (TPSA) is 86.8 Å². The van der Waals surface area contributed by atoms with Gasteiger partial charge >= 0.3 is 0 Å². The number of nitrogens with zero attached hydrogens (tertiary/aromatic N) is 2. The maximum atomic E-state index is 14.0. The lowest BCUT2D eigenvalue weighted by molar-refractivity contribution is -0.139. The van der Waals surface area contributed by atoms with Gasteiger partial charge in [-0.05, 0) is 75.2 Å². The molecule has 1 atom stereocenters. The molecule has 1 aliphatic carbocycles. The predicted molar refractivity (Wildman–Crippen MR) is 159 cm³/mol. The van der Waals surface area contributed by atoms with E-state index < -0.39 is 34.3 Å². The van der Waals surface area contributed by atoms with Crippen molar-refractivity contribution in [1.29, 1.82) is 0 Å². The summed E-state index contributed by atoms with van der Waals surface area (Å²) in [5, 5.41) is 3.64. The Labute approximate surface area is 250 Å². The molecular weight excluding hydrogens is 588 g/mol. The third-order valence-electron chi connectivity index (χ3n) is 7.26. The number of nitrogens with one attached hydrogen (secondary N) is 1. The molecule has 0 bridgehead atoms. The van der Waals surface area contributed by atoms with Crippen molar-refractivity contribution in [2.45, 2.75) is 63.1 Å². The van der Waals surface area contributed by atoms with E-state index in [9.17, 15) is 22.4 Å². The summed E-state index contributed by atoms with van der Waals surface area (Å²) in [6.45, 7) is 2.71. The van der Waals surface area contributed by atoms with Gasteiger partial charge in [-0.2, -0.15) is 0 Å². The molecule has 218 valence electrons. The minimum atomic E-state index is -4.30. The fourth-order valence-electron chi connectivity index (χ4n) is 4.80. The molecule has 41 heavy (non-hydrogen) atoms. The number of carbonyl (C=O) groups excluding carboxylic acids is 2. The Morgan fingerprint density at radius 1 is 0.976 bits per heavy atom. The van der Waals surface area contributed by atoms with Crippen LogP contribution in [0.5, 0.6) is 0 Å². The van der Waals surface area contributed by atoms with E-state index in [1.807, 2.05) is 6.92 Å². The molecule has 1 aliphatic rings. The summed E-state index contributed by atoms with van der Waals surface area (Å²) < 4.78 is 42.2. The van der Waals surface area contributed by atoms with Crippen molar-refractivity contribution in [1.82, 2.24) is 10.2 Å². The molecule has 3 aromatic rings. The van der Waals surface area contributed by atoms with E-state index in [4.69, 9.17) is 23.2 Å². The number of sulfonamides is 1. The van der Waals surface area contributed by atoms with Gasteiger partial charge in [-0.3, -0.25) is 13.9 Å². The highest BCUT2D eigenvalue weighted by Crippen LogP contribution is 2.29. The largest absolute Gasteiger partial charge is 0.352 e. The molecule has 0 unspecified atom stereocenters. The minimum absolute atomic E-state index is 0.0220. The number of halogens is 3. The highest BCUT2D eigenvalue weighted by atomic mass is 35.5. The molecule has 0 spiro atoms. The van der Waals surface area contributed by atoms with Gasteiger partial charge < -0.3 is 10.2 Å². The van der Waals surface area contributed by atoms with E-state index in [1.165, 1.54) is 4.90 Å². The Bertz CT molecular complexity index is 1470. The number of aryl methyl sites for hydroxylation is 1. The van der Waals surface area contributed by atoms with E-state index in [1.54, 1.807) is 49.4 Å². The van der Waals surface area contributed by atoms with Crippen LogP contribution < -0.4 is 9.62 Å². The standard InChI is InChI=1S/C30H32Cl2FN3O4S/c1-20-10-14-24(15-11-20)36(41(39,40)25-16-12-22(33)13-17-25)19-29(37)35(18-26-27(31)8-5-9-28(26)32)21(2)30(38)34-23-6-3-4-7-23/h5,8-17,21,23H,3-4,6-7,18-19H2,1-2H3,(H,34,38)/t21-/m0/s1. The van der Waals surface area contributed by atoms with E-state index in [-0.39, 0.29) is 29.1 Å². The van der Waals surface area contributed by atoms with E-state index >= 15 is 0 Å². The fourth-order valence-corrected chi connectivity index (χ4v) is 6.73. The summed E-state index contributed by atoms with van der Waals surface area (Å²) in [4.78, 5) is 28.4. The first kappa shape index (κ1) is 30.8. The first-order valence-electron chi connectivity index (χ1n) is 13.3. The van der Waals surface area contributed by atoms with Crippen LogP contribution in [0.3, 0.4) is 0 Å². The third-order valence-corrected chi connectivity index (χ3v) is 9.76. The van der Waals surface area contributed by atoms with Crippen LogP contribution in [-0.4, -0.2) is 43.8 Å². The van der Waals surface area contributed by atoms with Crippen LogP contribution in [0, 0.1) is 12.7 Å². The molecule has 0 aliphatic heterocycles. The van der Waals surface area contributed by atoms with E-state index in [2.05, 4.69) is 5.32 Å². The zero-order valence-corrected chi connectivity index (χ0v) is 25.1. The molecule has 1 N–H and O–H groups in total. The normalized spacial score (nSPS) is 14.5. The summed E-state index contributed by atoms with van der Waals surface area (Å²) >= 11 is 12.8. The summed E-state index contributed by atoms with van der Waals surface area (Å²) in [5.41, 5.74) is 1.58.